The van der Waals surface area contributed by atoms with Crippen LogP contribution in [0.25, 0.3) is 0 Å². The van der Waals surface area contributed by atoms with E-state index < -0.39 is 0 Å². The molecule has 0 fully saturated rings. The molecule has 3 heteroatoms. The summed E-state index contributed by atoms with van der Waals surface area (Å²) in [6.45, 7) is 1.51. The minimum Gasteiger partial charge on any atom is -0.292 e. The van der Waals surface area contributed by atoms with Crippen molar-refractivity contribution in [1.29, 1.82) is 0 Å². The molecule has 1 aromatic heterocycles. The van der Waals surface area contributed by atoms with Crippen LogP contribution >= 0.6 is 11.3 Å². The first kappa shape index (κ1) is 5.44. The Hall–Kier alpha value is -0.700. The Morgan fingerprint density at radius 3 is 2.88 bits per heavy atom. The van der Waals surface area contributed by atoms with Crippen molar-refractivity contribution in [1.82, 2.24) is 4.98 Å². The molecule has 0 saturated heterocycles. The second kappa shape index (κ2) is 2.05. The highest BCUT2D eigenvalue weighted by atomic mass is 32.1. The lowest BCUT2D eigenvalue weighted by atomic mass is 10.9. The molecule has 0 saturated carbocycles. The lowest BCUT2D eigenvalue weighted by Gasteiger charge is -1.78. The van der Waals surface area contributed by atoms with Gasteiger partial charge in [0.2, 0.25) is 0 Å². The molecule has 8 heavy (non-hydrogen) atoms. The van der Waals surface area contributed by atoms with Crippen LogP contribution in [0.15, 0.2) is 11.6 Å². The number of rotatable bonds is 1. The summed E-state index contributed by atoms with van der Waals surface area (Å²) in [6.07, 6.45) is 1.63. The fourth-order valence-corrected chi connectivity index (χ4v) is 0.936. The van der Waals surface area contributed by atoms with E-state index in [1.165, 1.54) is 18.3 Å². The van der Waals surface area contributed by atoms with Gasteiger partial charge in [0.15, 0.2) is 10.8 Å². The van der Waals surface area contributed by atoms with Crippen LogP contribution in [0.4, 0.5) is 0 Å². The molecule has 0 N–H and O–H groups in total. The molecule has 0 atom stereocenters. The molecule has 1 rings (SSSR count). The second-order valence-corrected chi connectivity index (χ2v) is 2.29. The number of hydrogen-bond acceptors (Lipinski definition) is 3. The van der Waals surface area contributed by atoms with Gasteiger partial charge >= 0.3 is 0 Å². The van der Waals surface area contributed by atoms with E-state index in [-0.39, 0.29) is 5.78 Å². The monoisotopic (exact) mass is 129 g/mol. The quantitative estimate of drug-likeness (QED) is 0.423. The van der Waals surface area contributed by atoms with E-state index in [1.54, 1.807) is 11.6 Å². The molecular weight excluding hydrogens is 124 g/mol. The largest absolute Gasteiger partial charge is 0.292 e. The molecule has 42 valence electrons. The zero-order valence-electron chi connectivity index (χ0n) is 4.42. The zero-order chi connectivity index (χ0) is 5.98. The molecule has 0 bridgehead atoms. The Labute approximate surface area is 51.2 Å². The minimum absolute atomic E-state index is 0.0417. The molecule has 1 aromatic rings. The van der Waals surface area contributed by atoms with Crippen molar-refractivity contribution in [3.63, 3.8) is 0 Å². The third kappa shape index (κ3) is 0.924. The van der Waals surface area contributed by atoms with Crippen molar-refractivity contribution in [3.8, 4) is 0 Å². The van der Waals surface area contributed by atoms with Gasteiger partial charge in [-0.3, -0.25) is 4.79 Å². The summed E-state index contributed by atoms with van der Waals surface area (Å²) in [5.74, 6) is 0.0417. The van der Waals surface area contributed by atoms with Crippen LogP contribution in [-0.2, 0) is 0 Å². The molecule has 0 unspecified atom stereocenters. The van der Waals surface area contributed by atoms with Crippen LogP contribution in [0.5, 0.6) is 0 Å². The summed E-state index contributed by atoms with van der Waals surface area (Å²) in [6, 6.07) is 0. The molecular formula is C5H5NOS. The first-order chi connectivity index (χ1) is 3.80. The van der Waals surface area contributed by atoms with E-state index in [2.05, 4.69) is 4.98 Å². The number of carbonyl (C=O) groups is 1. The van der Waals surface area contributed by atoms with Crippen LogP contribution in [-0.4, -0.2) is 10.8 Å². The first-order valence-electron chi connectivity index (χ1n) is 2.21. The maximum absolute atomic E-state index is 10.5. The Balaban J connectivity index is 2.93. The summed E-state index contributed by atoms with van der Waals surface area (Å²) >= 11 is 1.37. The summed E-state index contributed by atoms with van der Waals surface area (Å²) in [4.78, 5) is 14.2. The van der Waals surface area contributed by atoms with E-state index in [1.807, 2.05) is 0 Å². The van der Waals surface area contributed by atoms with Crippen molar-refractivity contribution >= 4 is 17.1 Å². The summed E-state index contributed by atoms with van der Waals surface area (Å²) in [5.41, 5.74) is 0. The summed E-state index contributed by atoms with van der Waals surface area (Å²) in [5, 5.41) is 2.38. The number of carbonyl (C=O) groups excluding carboxylic acids is 1. The van der Waals surface area contributed by atoms with Crippen molar-refractivity contribution in [2.75, 3.05) is 0 Å². The van der Waals surface area contributed by atoms with Gasteiger partial charge in [-0.15, -0.1) is 11.3 Å². The van der Waals surface area contributed by atoms with Gasteiger partial charge in [0.1, 0.15) is 0 Å². The normalized spacial score (nSPS) is 9.12. The Morgan fingerprint density at radius 2 is 2.62 bits per heavy atom. The molecule has 2 nitrogen and oxygen atoms in total. The van der Waals surface area contributed by atoms with Gasteiger partial charge in [0.25, 0.3) is 0 Å². The van der Waals surface area contributed by atoms with Crippen LogP contribution in [0, 0.1) is 0 Å². The van der Waals surface area contributed by atoms with Crippen molar-refractivity contribution in [2.24, 2.45) is 0 Å². The van der Waals surface area contributed by atoms with E-state index in [4.69, 9.17) is 0 Å². The highest BCUT2D eigenvalue weighted by Gasteiger charge is 1.97. The molecule has 0 aromatic carbocycles. The predicted molar refractivity (Wildman–Crippen MR) is 32.1 cm³/mol. The fraction of sp³-hybridized carbons (Fsp3) is 0.200. The molecule has 1 heterocycles. The average Bonchev–Trinajstić information content (AvgIpc) is 2.12. The van der Waals surface area contributed by atoms with Crippen LogP contribution in [0.3, 0.4) is 0 Å². The molecule has 0 aliphatic heterocycles. The average molecular weight is 129 g/mol. The van der Waals surface area contributed by atoms with Gasteiger partial charge in [-0.25, -0.2) is 4.98 Å². The molecule has 0 spiro atoms. The number of hydrogen-bond donors (Lipinski definition) is 0. The lowest BCUT2D eigenvalue weighted by molar-refractivity contribution is 0.101. The van der Waals surface area contributed by atoms with Crippen molar-refractivity contribution in [3.05, 3.63) is 16.6 Å². The molecule has 0 aliphatic rings. The summed E-state index contributed by atoms with van der Waals surface area (Å²) in [7, 11) is 0. The SMILES string of the molecule is [13CH3][13C](=O)c1nccs1. The van der Waals surface area contributed by atoms with Gasteiger partial charge < -0.3 is 0 Å². The van der Waals surface area contributed by atoms with Crippen LogP contribution in [0.2, 0.25) is 0 Å². The van der Waals surface area contributed by atoms with Gasteiger partial charge in [-0.05, 0) is 0 Å². The van der Waals surface area contributed by atoms with Gasteiger partial charge in [0.05, 0.1) is 0 Å². The number of thiazole rings is 1. The molecule has 0 amide bonds. The van der Waals surface area contributed by atoms with E-state index in [0.717, 1.165) is 0 Å². The topological polar surface area (TPSA) is 30.0 Å². The maximum atomic E-state index is 10.5. The number of ketones is 1. The molecule has 0 radical (unpaired) electrons. The zero-order valence-corrected chi connectivity index (χ0v) is 5.23. The molecule has 0 aliphatic carbocycles. The Morgan fingerprint density at radius 1 is 1.88 bits per heavy atom. The standard InChI is InChI=1S/C5H5NOS/c1-4(7)5-6-2-3-8-5/h2-3H,1H3/i1+1,4+1. The Kier molecular flexibility index (Phi) is 1.39. The lowest BCUT2D eigenvalue weighted by Crippen LogP contribution is -1.87. The third-order valence-corrected chi connectivity index (χ3v) is 1.61. The summed E-state index contributed by atoms with van der Waals surface area (Å²) < 4.78 is 0. The highest BCUT2D eigenvalue weighted by molar-refractivity contribution is 7.11. The van der Waals surface area contributed by atoms with Gasteiger partial charge in [0, 0.05) is 18.5 Å². The number of Topliss-reactive ketones (excluding diaryl/α,β-unsaturated/α-hetero) is 1. The van der Waals surface area contributed by atoms with Crippen LogP contribution < -0.4 is 0 Å². The maximum Gasteiger partial charge on any atom is 0.188 e. The fourth-order valence-electron chi connectivity index (χ4n) is 0.397. The van der Waals surface area contributed by atoms with Gasteiger partial charge in [-0.1, -0.05) is 0 Å². The van der Waals surface area contributed by atoms with Gasteiger partial charge in [-0.2, -0.15) is 0 Å². The van der Waals surface area contributed by atoms with Crippen LogP contribution in [0.1, 0.15) is 16.7 Å². The highest BCUT2D eigenvalue weighted by Crippen LogP contribution is 2.02. The predicted octanol–water partition coefficient (Wildman–Crippen LogP) is 1.35. The van der Waals surface area contributed by atoms with Crippen molar-refractivity contribution in [2.45, 2.75) is 6.92 Å². The second-order valence-electron chi connectivity index (χ2n) is 1.39. The smallest absolute Gasteiger partial charge is 0.188 e. The minimum atomic E-state index is 0.0417. The van der Waals surface area contributed by atoms with E-state index in [9.17, 15) is 4.79 Å². The van der Waals surface area contributed by atoms with E-state index in [0.29, 0.717) is 5.01 Å². The first-order valence-corrected chi connectivity index (χ1v) is 3.09. The van der Waals surface area contributed by atoms with E-state index >= 15 is 0 Å². The van der Waals surface area contributed by atoms with Crippen molar-refractivity contribution < 1.29 is 4.79 Å². The Bertz CT molecular complexity index is 180. The number of nitrogens with zero attached hydrogens (tertiary/aromatic N) is 1. The third-order valence-electron chi connectivity index (χ3n) is 0.733. The number of aromatic nitrogens is 1.